The lowest BCUT2D eigenvalue weighted by Crippen LogP contribution is -2.48. The van der Waals surface area contributed by atoms with Crippen LogP contribution in [0.3, 0.4) is 0 Å². The number of hydrogen-bond acceptors (Lipinski definition) is 6. The molecule has 1 aliphatic heterocycles. The maximum absolute atomic E-state index is 5.39. The summed E-state index contributed by atoms with van der Waals surface area (Å²) in [4.78, 5) is 5.01. The molecule has 0 amide bonds. The highest BCUT2D eigenvalue weighted by molar-refractivity contribution is 5.32. The zero-order chi connectivity index (χ0) is 23.2. The molecular formula is C27H30N6O. The summed E-state index contributed by atoms with van der Waals surface area (Å²) < 4.78 is 7.32. The van der Waals surface area contributed by atoms with Crippen LogP contribution in [0.2, 0.25) is 0 Å². The van der Waals surface area contributed by atoms with Gasteiger partial charge in [0.2, 0.25) is 0 Å². The molecule has 0 saturated carbocycles. The highest BCUT2D eigenvalue weighted by Crippen LogP contribution is 2.30. The van der Waals surface area contributed by atoms with Crippen molar-refractivity contribution >= 4 is 0 Å². The van der Waals surface area contributed by atoms with E-state index >= 15 is 0 Å². The third-order valence-corrected chi connectivity index (χ3v) is 6.43. The van der Waals surface area contributed by atoms with E-state index in [0.29, 0.717) is 6.54 Å². The summed E-state index contributed by atoms with van der Waals surface area (Å²) >= 11 is 0. The Hall–Kier alpha value is -3.55. The zero-order valence-corrected chi connectivity index (χ0v) is 19.5. The monoisotopic (exact) mass is 454 g/mol. The van der Waals surface area contributed by atoms with Crippen molar-refractivity contribution in [1.82, 2.24) is 30.0 Å². The van der Waals surface area contributed by atoms with Crippen molar-refractivity contribution in [3.63, 3.8) is 0 Å². The van der Waals surface area contributed by atoms with Crippen LogP contribution in [0.4, 0.5) is 0 Å². The van der Waals surface area contributed by atoms with Gasteiger partial charge in [-0.25, -0.2) is 4.68 Å². The molecule has 0 unspecified atom stereocenters. The SMILES string of the molecule is COc1ccc([C@@H](c2nnnn2Cc2ccccc2)N2CCN(Cc3ccccc3)CC2)cc1. The summed E-state index contributed by atoms with van der Waals surface area (Å²) in [6, 6.07) is 29.3. The summed E-state index contributed by atoms with van der Waals surface area (Å²) in [5, 5.41) is 12.9. The van der Waals surface area contributed by atoms with E-state index < -0.39 is 0 Å². The van der Waals surface area contributed by atoms with E-state index in [9.17, 15) is 0 Å². The molecule has 34 heavy (non-hydrogen) atoms. The van der Waals surface area contributed by atoms with Crippen molar-refractivity contribution in [2.45, 2.75) is 19.1 Å². The van der Waals surface area contributed by atoms with Crippen LogP contribution in [-0.2, 0) is 13.1 Å². The molecular weight excluding hydrogens is 424 g/mol. The minimum atomic E-state index is -0.0245. The van der Waals surface area contributed by atoms with Crippen LogP contribution in [-0.4, -0.2) is 63.3 Å². The molecule has 5 rings (SSSR count). The Morgan fingerprint density at radius 2 is 1.38 bits per heavy atom. The number of rotatable bonds is 8. The van der Waals surface area contributed by atoms with E-state index in [0.717, 1.165) is 44.3 Å². The first-order valence-electron chi connectivity index (χ1n) is 11.7. The lowest BCUT2D eigenvalue weighted by Gasteiger charge is -2.39. The van der Waals surface area contributed by atoms with Crippen molar-refractivity contribution in [3.8, 4) is 5.75 Å². The van der Waals surface area contributed by atoms with Gasteiger partial charge in [0.15, 0.2) is 5.82 Å². The maximum Gasteiger partial charge on any atom is 0.173 e. The van der Waals surface area contributed by atoms with Crippen LogP contribution in [0.15, 0.2) is 84.9 Å². The number of tetrazole rings is 1. The Morgan fingerprint density at radius 1 is 0.765 bits per heavy atom. The Kier molecular flexibility index (Phi) is 6.93. The summed E-state index contributed by atoms with van der Waals surface area (Å²) in [5.41, 5.74) is 3.70. The Morgan fingerprint density at radius 3 is 2.00 bits per heavy atom. The molecule has 0 radical (unpaired) electrons. The zero-order valence-electron chi connectivity index (χ0n) is 19.5. The van der Waals surface area contributed by atoms with Crippen molar-refractivity contribution in [2.75, 3.05) is 33.3 Å². The first kappa shape index (κ1) is 22.3. The summed E-state index contributed by atoms with van der Waals surface area (Å²) in [6.07, 6.45) is 0. The number of aromatic nitrogens is 4. The molecule has 0 N–H and O–H groups in total. The fourth-order valence-corrected chi connectivity index (χ4v) is 4.61. The summed E-state index contributed by atoms with van der Waals surface area (Å²) in [6.45, 7) is 5.52. The fourth-order valence-electron chi connectivity index (χ4n) is 4.61. The number of nitrogens with zero attached hydrogens (tertiary/aromatic N) is 6. The van der Waals surface area contributed by atoms with Crippen LogP contribution in [0, 0.1) is 0 Å². The topological polar surface area (TPSA) is 59.3 Å². The second-order valence-electron chi connectivity index (χ2n) is 8.65. The summed E-state index contributed by atoms with van der Waals surface area (Å²) in [5.74, 6) is 1.71. The third kappa shape index (κ3) is 5.16. The van der Waals surface area contributed by atoms with Gasteiger partial charge in [-0.05, 0) is 39.2 Å². The molecule has 1 atom stereocenters. The Bertz CT molecular complexity index is 1150. The minimum absolute atomic E-state index is 0.0245. The summed E-state index contributed by atoms with van der Waals surface area (Å²) in [7, 11) is 1.69. The van der Waals surface area contributed by atoms with E-state index in [1.807, 2.05) is 35.0 Å². The van der Waals surface area contributed by atoms with Gasteiger partial charge in [-0.3, -0.25) is 9.80 Å². The second kappa shape index (κ2) is 10.6. The number of piperazine rings is 1. The van der Waals surface area contributed by atoms with E-state index in [4.69, 9.17) is 4.74 Å². The predicted octanol–water partition coefficient (Wildman–Crippen LogP) is 3.64. The molecule has 1 saturated heterocycles. The smallest absolute Gasteiger partial charge is 0.173 e. The second-order valence-corrected chi connectivity index (χ2v) is 8.65. The standard InChI is InChI=1S/C27H30N6O/c1-34-25-14-12-24(13-15-25)26(27-28-29-30-33(27)21-23-10-6-3-7-11-23)32-18-16-31(17-19-32)20-22-8-4-2-5-9-22/h2-15,26H,16-21H2,1H3/t26-/m0/s1. The third-order valence-electron chi connectivity index (χ3n) is 6.43. The van der Waals surface area contributed by atoms with Crippen LogP contribution in [0.25, 0.3) is 0 Å². The molecule has 1 fully saturated rings. The number of hydrogen-bond donors (Lipinski definition) is 0. The molecule has 1 aromatic heterocycles. The molecule has 4 aromatic rings. The van der Waals surface area contributed by atoms with E-state index in [2.05, 4.69) is 79.9 Å². The number of benzene rings is 3. The van der Waals surface area contributed by atoms with Gasteiger partial charge >= 0.3 is 0 Å². The average Bonchev–Trinajstić information content (AvgIpc) is 3.34. The highest BCUT2D eigenvalue weighted by Gasteiger charge is 2.30. The van der Waals surface area contributed by atoms with Crippen LogP contribution < -0.4 is 4.74 Å². The van der Waals surface area contributed by atoms with Gasteiger partial charge in [0.05, 0.1) is 19.7 Å². The van der Waals surface area contributed by atoms with Gasteiger partial charge in [-0.1, -0.05) is 72.8 Å². The lowest BCUT2D eigenvalue weighted by molar-refractivity contribution is 0.100. The van der Waals surface area contributed by atoms with Gasteiger partial charge in [0.1, 0.15) is 5.75 Å². The number of methoxy groups -OCH3 is 1. The first-order valence-corrected chi connectivity index (χ1v) is 11.7. The Labute approximate surface area is 200 Å². The van der Waals surface area contributed by atoms with E-state index in [1.54, 1.807) is 7.11 Å². The van der Waals surface area contributed by atoms with Gasteiger partial charge in [-0.2, -0.15) is 0 Å². The van der Waals surface area contributed by atoms with Crippen LogP contribution in [0.5, 0.6) is 5.75 Å². The normalized spacial score (nSPS) is 15.8. The fraction of sp³-hybridized carbons (Fsp3) is 0.296. The molecule has 3 aromatic carbocycles. The lowest BCUT2D eigenvalue weighted by atomic mass is 10.0. The molecule has 0 bridgehead atoms. The first-order chi connectivity index (χ1) is 16.8. The molecule has 7 heteroatoms. The predicted molar refractivity (Wildman–Crippen MR) is 131 cm³/mol. The maximum atomic E-state index is 5.39. The van der Waals surface area contributed by atoms with E-state index in [-0.39, 0.29) is 6.04 Å². The van der Waals surface area contributed by atoms with Gasteiger partial charge < -0.3 is 4.74 Å². The molecule has 0 spiro atoms. The van der Waals surface area contributed by atoms with Crippen LogP contribution >= 0.6 is 0 Å². The van der Waals surface area contributed by atoms with Gasteiger partial charge in [-0.15, -0.1) is 5.10 Å². The molecule has 2 heterocycles. The minimum Gasteiger partial charge on any atom is -0.497 e. The van der Waals surface area contributed by atoms with E-state index in [1.165, 1.54) is 16.7 Å². The largest absolute Gasteiger partial charge is 0.497 e. The highest BCUT2D eigenvalue weighted by atomic mass is 16.5. The van der Waals surface area contributed by atoms with Crippen molar-refractivity contribution in [3.05, 3.63) is 107 Å². The Balaban J connectivity index is 1.38. The molecule has 0 aliphatic carbocycles. The molecule has 7 nitrogen and oxygen atoms in total. The quantitative estimate of drug-likeness (QED) is 0.405. The van der Waals surface area contributed by atoms with Gasteiger partial charge in [0.25, 0.3) is 0 Å². The average molecular weight is 455 g/mol. The number of ether oxygens (including phenoxy) is 1. The van der Waals surface area contributed by atoms with Crippen molar-refractivity contribution in [1.29, 1.82) is 0 Å². The van der Waals surface area contributed by atoms with Crippen molar-refractivity contribution in [2.24, 2.45) is 0 Å². The van der Waals surface area contributed by atoms with Crippen LogP contribution in [0.1, 0.15) is 28.6 Å². The molecule has 174 valence electrons. The van der Waals surface area contributed by atoms with Gasteiger partial charge in [0, 0.05) is 32.7 Å². The van der Waals surface area contributed by atoms with Crippen molar-refractivity contribution < 1.29 is 4.74 Å². The molecule has 1 aliphatic rings.